The van der Waals surface area contributed by atoms with Gasteiger partial charge in [-0.2, -0.15) is 0 Å². The van der Waals surface area contributed by atoms with Gasteiger partial charge in [0, 0.05) is 16.3 Å². The molecule has 2 atom stereocenters. The SMILES string of the molecule is CCC(C)c1ccc(OC(CN)c2ccc(C)s2)cc1. The van der Waals surface area contributed by atoms with Gasteiger partial charge in [0.1, 0.15) is 11.9 Å². The number of hydrogen-bond acceptors (Lipinski definition) is 3. The molecule has 0 radical (unpaired) electrons. The molecule has 0 aliphatic heterocycles. The van der Waals surface area contributed by atoms with Crippen molar-refractivity contribution in [3.05, 3.63) is 51.7 Å². The molecule has 20 heavy (non-hydrogen) atoms. The van der Waals surface area contributed by atoms with Gasteiger partial charge < -0.3 is 10.5 Å². The predicted molar refractivity (Wildman–Crippen MR) is 86.6 cm³/mol. The zero-order chi connectivity index (χ0) is 14.5. The normalized spacial score (nSPS) is 14.0. The molecule has 2 unspecified atom stereocenters. The molecule has 0 spiro atoms. The largest absolute Gasteiger partial charge is 0.484 e. The Balaban J connectivity index is 2.08. The number of rotatable bonds is 6. The second kappa shape index (κ2) is 6.91. The quantitative estimate of drug-likeness (QED) is 0.840. The summed E-state index contributed by atoms with van der Waals surface area (Å²) in [6.45, 7) is 7.04. The van der Waals surface area contributed by atoms with Gasteiger partial charge in [-0.05, 0) is 49.1 Å². The van der Waals surface area contributed by atoms with Crippen molar-refractivity contribution in [2.75, 3.05) is 6.54 Å². The Bertz CT molecular complexity index is 532. The lowest BCUT2D eigenvalue weighted by Gasteiger charge is -2.17. The summed E-state index contributed by atoms with van der Waals surface area (Å²) in [5, 5.41) is 0. The van der Waals surface area contributed by atoms with Crippen molar-refractivity contribution in [1.82, 2.24) is 0 Å². The van der Waals surface area contributed by atoms with Gasteiger partial charge in [-0.25, -0.2) is 0 Å². The molecule has 0 fully saturated rings. The summed E-state index contributed by atoms with van der Waals surface area (Å²) in [6.07, 6.45) is 1.10. The van der Waals surface area contributed by atoms with Crippen LogP contribution in [0.5, 0.6) is 5.75 Å². The maximum atomic E-state index is 6.02. The van der Waals surface area contributed by atoms with Crippen LogP contribution in [-0.4, -0.2) is 6.54 Å². The van der Waals surface area contributed by atoms with Gasteiger partial charge in [0.25, 0.3) is 0 Å². The number of thiophene rings is 1. The molecule has 0 aliphatic carbocycles. The summed E-state index contributed by atoms with van der Waals surface area (Å²) in [5.74, 6) is 1.48. The van der Waals surface area contributed by atoms with Crippen molar-refractivity contribution in [1.29, 1.82) is 0 Å². The summed E-state index contributed by atoms with van der Waals surface area (Å²) in [5.41, 5.74) is 7.20. The second-order valence-corrected chi connectivity index (χ2v) is 6.49. The van der Waals surface area contributed by atoms with Gasteiger partial charge in [-0.1, -0.05) is 26.0 Å². The topological polar surface area (TPSA) is 35.2 Å². The van der Waals surface area contributed by atoms with Crippen molar-refractivity contribution >= 4 is 11.3 Å². The lowest BCUT2D eigenvalue weighted by Crippen LogP contribution is -2.17. The van der Waals surface area contributed by atoms with E-state index >= 15 is 0 Å². The summed E-state index contributed by atoms with van der Waals surface area (Å²) in [6, 6.07) is 12.6. The molecule has 0 amide bonds. The fourth-order valence-electron chi connectivity index (χ4n) is 2.12. The van der Waals surface area contributed by atoms with E-state index in [9.17, 15) is 0 Å². The van der Waals surface area contributed by atoms with Crippen molar-refractivity contribution in [3.8, 4) is 5.75 Å². The molecule has 0 aliphatic rings. The third kappa shape index (κ3) is 3.62. The van der Waals surface area contributed by atoms with Gasteiger partial charge in [0.2, 0.25) is 0 Å². The molecule has 2 N–H and O–H groups in total. The Morgan fingerprint density at radius 3 is 2.35 bits per heavy atom. The van der Waals surface area contributed by atoms with Crippen molar-refractivity contribution in [2.24, 2.45) is 5.73 Å². The number of aryl methyl sites for hydroxylation is 1. The zero-order valence-corrected chi connectivity index (χ0v) is 13.2. The minimum atomic E-state index is -0.0526. The number of nitrogens with two attached hydrogens (primary N) is 1. The van der Waals surface area contributed by atoms with Crippen LogP contribution in [0.3, 0.4) is 0 Å². The third-order valence-electron chi connectivity index (χ3n) is 3.63. The lowest BCUT2D eigenvalue weighted by molar-refractivity contribution is 0.218. The van der Waals surface area contributed by atoms with Crippen molar-refractivity contribution < 1.29 is 4.74 Å². The molecule has 0 saturated carbocycles. The van der Waals surface area contributed by atoms with Crippen LogP contribution in [0.4, 0.5) is 0 Å². The highest BCUT2D eigenvalue weighted by atomic mass is 32.1. The Labute approximate surface area is 125 Å². The Kier molecular flexibility index (Phi) is 5.21. The molecule has 1 heterocycles. The van der Waals surface area contributed by atoms with Crippen LogP contribution in [-0.2, 0) is 0 Å². The number of benzene rings is 1. The second-order valence-electron chi connectivity index (χ2n) is 5.17. The average Bonchev–Trinajstić information content (AvgIpc) is 2.91. The molecule has 2 aromatic rings. The van der Waals surface area contributed by atoms with Gasteiger partial charge in [-0.3, -0.25) is 0 Å². The van der Waals surface area contributed by atoms with E-state index in [1.54, 1.807) is 11.3 Å². The van der Waals surface area contributed by atoms with Gasteiger partial charge >= 0.3 is 0 Å². The number of ether oxygens (including phenoxy) is 1. The Morgan fingerprint density at radius 2 is 1.85 bits per heavy atom. The third-order valence-corrected chi connectivity index (χ3v) is 4.73. The Hall–Kier alpha value is -1.32. The van der Waals surface area contributed by atoms with Crippen LogP contribution in [0.1, 0.15) is 47.6 Å². The average molecular weight is 289 g/mol. The van der Waals surface area contributed by atoms with E-state index in [0.717, 1.165) is 12.2 Å². The Morgan fingerprint density at radius 1 is 1.15 bits per heavy atom. The van der Waals surface area contributed by atoms with Crippen LogP contribution in [0.25, 0.3) is 0 Å². The molecule has 0 saturated heterocycles. The monoisotopic (exact) mass is 289 g/mol. The molecular weight excluding hydrogens is 266 g/mol. The smallest absolute Gasteiger partial charge is 0.145 e. The maximum Gasteiger partial charge on any atom is 0.145 e. The molecular formula is C17H23NOS. The fourth-order valence-corrected chi connectivity index (χ4v) is 3.04. The standard InChI is InChI=1S/C17H23NOS/c1-4-12(2)14-6-8-15(9-7-14)19-16(11-18)17-10-5-13(3)20-17/h5-10,12,16H,4,11,18H2,1-3H3. The summed E-state index contributed by atoms with van der Waals surface area (Å²) in [4.78, 5) is 2.48. The van der Waals surface area contributed by atoms with Crippen molar-refractivity contribution in [2.45, 2.75) is 39.2 Å². The van der Waals surface area contributed by atoms with Crippen molar-refractivity contribution in [3.63, 3.8) is 0 Å². The van der Waals surface area contributed by atoms with Gasteiger partial charge in [-0.15, -0.1) is 11.3 Å². The van der Waals surface area contributed by atoms with Crippen LogP contribution in [0.15, 0.2) is 36.4 Å². The molecule has 108 valence electrons. The first kappa shape index (κ1) is 15.1. The van der Waals surface area contributed by atoms with Crippen LogP contribution in [0, 0.1) is 6.92 Å². The van der Waals surface area contributed by atoms with E-state index < -0.39 is 0 Å². The summed E-state index contributed by atoms with van der Waals surface area (Å²) >= 11 is 1.75. The molecule has 2 nitrogen and oxygen atoms in total. The van der Waals surface area contributed by atoms with E-state index in [-0.39, 0.29) is 6.10 Å². The highest BCUT2D eigenvalue weighted by molar-refractivity contribution is 7.12. The lowest BCUT2D eigenvalue weighted by atomic mass is 9.99. The van der Waals surface area contributed by atoms with Gasteiger partial charge in [0.15, 0.2) is 0 Å². The summed E-state index contributed by atoms with van der Waals surface area (Å²) in [7, 11) is 0. The van der Waals surface area contributed by atoms with Crippen LogP contribution in [0.2, 0.25) is 0 Å². The highest BCUT2D eigenvalue weighted by Crippen LogP contribution is 2.28. The van der Waals surface area contributed by atoms with E-state index in [2.05, 4.69) is 45.0 Å². The first-order valence-electron chi connectivity index (χ1n) is 7.17. The number of hydrogen-bond donors (Lipinski definition) is 1. The zero-order valence-electron chi connectivity index (χ0n) is 12.4. The highest BCUT2D eigenvalue weighted by Gasteiger charge is 2.13. The molecule has 1 aromatic heterocycles. The molecule has 3 heteroatoms. The first-order chi connectivity index (χ1) is 9.63. The van der Waals surface area contributed by atoms with E-state index in [0.29, 0.717) is 12.5 Å². The minimum Gasteiger partial charge on any atom is -0.484 e. The minimum absolute atomic E-state index is 0.0526. The maximum absolute atomic E-state index is 6.02. The van der Waals surface area contributed by atoms with E-state index in [1.165, 1.54) is 15.3 Å². The first-order valence-corrected chi connectivity index (χ1v) is 7.98. The summed E-state index contributed by atoms with van der Waals surface area (Å²) < 4.78 is 6.02. The van der Waals surface area contributed by atoms with Gasteiger partial charge in [0.05, 0.1) is 0 Å². The predicted octanol–water partition coefficient (Wildman–Crippen LogP) is 4.65. The van der Waals surface area contributed by atoms with Crippen LogP contribution >= 0.6 is 11.3 Å². The molecule has 1 aromatic carbocycles. The molecule has 2 rings (SSSR count). The molecule has 0 bridgehead atoms. The fraction of sp³-hybridized carbons (Fsp3) is 0.412. The van der Waals surface area contributed by atoms with E-state index in [1.807, 2.05) is 12.1 Å². The van der Waals surface area contributed by atoms with Crippen LogP contribution < -0.4 is 10.5 Å². The van der Waals surface area contributed by atoms with E-state index in [4.69, 9.17) is 10.5 Å².